The molecule has 8 aliphatic carbocycles. The van der Waals surface area contributed by atoms with Crippen LogP contribution >= 0.6 is 17.1 Å². The second-order valence-electron chi connectivity index (χ2n) is 13.0. The van der Waals surface area contributed by atoms with E-state index in [1.807, 2.05) is 5.30 Å². The Bertz CT molecular complexity index is 739. The molecular weight excluding hydrogens is 614 g/mol. The van der Waals surface area contributed by atoms with Crippen LogP contribution in [-0.4, -0.2) is 24.4 Å². The van der Waals surface area contributed by atoms with Crippen molar-refractivity contribution in [3.8, 4) is 0 Å². The van der Waals surface area contributed by atoms with Crippen LogP contribution in [0.3, 0.4) is 0 Å². The number of hydrogen-bond acceptors (Lipinski definition) is 1. The second kappa shape index (κ2) is 8.55. The number of nitrogens with zero attached hydrogens (tertiary/aromatic N) is 1. The molecule has 0 aromatic heterocycles. The van der Waals surface area contributed by atoms with Crippen molar-refractivity contribution in [3.05, 3.63) is 24.3 Å². The summed E-state index contributed by atoms with van der Waals surface area (Å²) in [6, 6.07) is 9.74. The van der Waals surface area contributed by atoms with Gasteiger partial charge in [-0.2, -0.15) is 0 Å². The summed E-state index contributed by atoms with van der Waals surface area (Å²) in [5, 5.41) is 3.19. The third-order valence-electron chi connectivity index (χ3n) is 10.6. The van der Waals surface area contributed by atoms with Crippen LogP contribution in [0.2, 0.25) is 0 Å². The Morgan fingerprint density at radius 1 is 0.688 bits per heavy atom. The molecule has 8 fully saturated rings. The molecule has 0 unspecified atom stereocenters. The van der Waals surface area contributed by atoms with Crippen molar-refractivity contribution in [2.75, 3.05) is 19.0 Å². The molecular formula is C28H40AuClNP. The second-order valence-corrected chi connectivity index (χ2v) is 16.1. The van der Waals surface area contributed by atoms with Gasteiger partial charge in [0.1, 0.15) is 0 Å². The number of para-hydroxylation sites is 1. The first-order valence-corrected chi connectivity index (χ1v) is 17.2. The Kier molecular flexibility index (Phi) is 6.12. The molecule has 9 rings (SSSR count). The summed E-state index contributed by atoms with van der Waals surface area (Å²) in [7, 11) is 9.08. The maximum atomic E-state index is 4.58. The summed E-state index contributed by atoms with van der Waals surface area (Å²) in [6.07, 6.45) is 19.0. The molecule has 4 heteroatoms. The van der Waals surface area contributed by atoms with Gasteiger partial charge in [-0.25, -0.2) is 0 Å². The predicted octanol–water partition coefficient (Wildman–Crippen LogP) is 7.48. The van der Waals surface area contributed by atoms with Crippen molar-refractivity contribution >= 4 is 28.1 Å². The fourth-order valence-electron chi connectivity index (χ4n) is 10.7. The molecule has 180 valence electrons. The standard InChI is InChI=1S/C28H40NP.Au.ClH/c1-29(2)25-5-3-4-6-26(25)30(27-13-19-7-20(14-27)9-21(8-19)15-27)28-16-22-10-23(17-28)12-24(11-22)18-28;;/h3-6,19-24H,7-18H2,1-2H3;;1H/q;+1;/p-1. The Morgan fingerprint density at radius 2 is 1.03 bits per heavy atom. The van der Waals surface area contributed by atoms with Crippen molar-refractivity contribution in [2.45, 2.75) is 87.4 Å². The van der Waals surface area contributed by atoms with Crippen molar-refractivity contribution in [2.24, 2.45) is 35.5 Å². The van der Waals surface area contributed by atoms with Crippen molar-refractivity contribution in [3.63, 3.8) is 0 Å². The topological polar surface area (TPSA) is 3.24 Å². The third-order valence-corrected chi connectivity index (χ3v) is 14.4. The van der Waals surface area contributed by atoms with E-state index in [4.69, 9.17) is 0 Å². The van der Waals surface area contributed by atoms with E-state index in [-0.39, 0.29) is 7.92 Å². The van der Waals surface area contributed by atoms with Crippen molar-refractivity contribution in [1.29, 1.82) is 0 Å². The molecule has 0 heterocycles. The van der Waals surface area contributed by atoms with Crippen LogP contribution in [0.1, 0.15) is 77.0 Å². The molecule has 0 radical (unpaired) electrons. The first kappa shape index (κ1) is 22.9. The molecule has 0 N–H and O–H groups in total. The van der Waals surface area contributed by atoms with Gasteiger partial charge in [-0.05, 0) is 129 Å². The SMILES string of the molecule is CN(C)c1ccccc1P(C12CC3CC(CC(C3)C1)C2)C12CC3CC(CC(C3)C1)C2.[Cl][Au]. The van der Waals surface area contributed by atoms with E-state index in [2.05, 4.69) is 52.5 Å². The Labute approximate surface area is 213 Å². The summed E-state index contributed by atoms with van der Waals surface area (Å²) in [6.45, 7) is 0. The number of hydrogen-bond donors (Lipinski definition) is 0. The Balaban J connectivity index is 0.000000953. The molecule has 1 aromatic rings. The zero-order valence-corrected chi connectivity index (χ0v) is 23.6. The number of anilines is 1. The molecule has 0 amide bonds. The first-order chi connectivity index (χ1) is 15.5. The monoisotopic (exact) mass is 653 g/mol. The molecule has 0 aliphatic heterocycles. The van der Waals surface area contributed by atoms with Crippen LogP contribution in [0.25, 0.3) is 0 Å². The molecule has 1 aromatic carbocycles. The fourth-order valence-corrected chi connectivity index (χ4v) is 16.1. The van der Waals surface area contributed by atoms with E-state index in [0.717, 1.165) is 35.5 Å². The summed E-state index contributed by atoms with van der Waals surface area (Å²) in [4.78, 5) is 2.45. The van der Waals surface area contributed by atoms with E-state index in [1.54, 1.807) is 103 Å². The Hall–Kier alpha value is 0.480. The van der Waals surface area contributed by atoms with E-state index >= 15 is 0 Å². The number of rotatable bonds is 4. The van der Waals surface area contributed by atoms with Crippen LogP contribution < -0.4 is 10.2 Å². The van der Waals surface area contributed by atoms with E-state index in [1.165, 1.54) is 0 Å². The summed E-state index contributed by atoms with van der Waals surface area (Å²) < 4.78 is 0. The molecule has 8 bridgehead atoms. The third kappa shape index (κ3) is 3.63. The maximum absolute atomic E-state index is 4.58. The van der Waals surface area contributed by atoms with Crippen LogP contribution in [0, 0.1) is 35.5 Å². The van der Waals surface area contributed by atoms with Gasteiger partial charge in [-0.1, -0.05) is 26.1 Å². The summed E-state index contributed by atoms with van der Waals surface area (Å²) >= 11 is 1.75. The minimum atomic E-state index is -0.0989. The molecule has 0 spiro atoms. The molecule has 8 saturated carbocycles. The average molecular weight is 654 g/mol. The Morgan fingerprint density at radius 3 is 1.38 bits per heavy atom. The quantitative estimate of drug-likeness (QED) is 0.241. The van der Waals surface area contributed by atoms with Crippen LogP contribution in [-0.2, 0) is 20.0 Å². The fraction of sp³-hybridized carbons (Fsp3) is 0.786. The zero-order valence-electron chi connectivity index (χ0n) is 19.8. The van der Waals surface area contributed by atoms with Crippen LogP contribution in [0.5, 0.6) is 0 Å². The molecule has 8 aliphatic rings. The minimum absolute atomic E-state index is 0.0989. The van der Waals surface area contributed by atoms with Crippen LogP contribution in [0.15, 0.2) is 24.3 Å². The van der Waals surface area contributed by atoms with Gasteiger partial charge in [0.2, 0.25) is 0 Å². The van der Waals surface area contributed by atoms with E-state index in [0.29, 0.717) is 10.3 Å². The van der Waals surface area contributed by atoms with Gasteiger partial charge in [-0.3, -0.25) is 0 Å². The predicted molar refractivity (Wildman–Crippen MR) is 135 cm³/mol. The molecule has 0 saturated heterocycles. The molecule has 32 heavy (non-hydrogen) atoms. The summed E-state index contributed by atoms with van der Waals surface area (Å²) in [5.41, 5.74) is 1.56. The van der Waals surface area contributed by atoms with Gasteiger partial charge in [0.25, 0.3) is 0 Å². The van der Waals surface area contributed by atoms with Gasteiger partial charge in [0, 0.05) is 25.1 Å². The van der Waals surface area contributed by atoms with Gasteiger partial charge in [0.15, 0.2) is 0 Å². The zero-order chi connectivity index (χ0) is 22.1. The van der Waals surface area contributed by atoms with Crippen molar-refractivity contribution < 1.29 is 20.0 Å². The van der Waals surface area contributed by atoms with E-state index < -0.39 is 0 Å². The van der Waals surface area contributed by atoms with Gasteiger partial charge < -0.3 is 4.90 Å². The van der Waals surface area contributed by atoms with Gasteiger partial charge in [0.05, 0.1) is 0 Å². The van der Waals surface area contributed by atoms with E-state index in [9.17, 15) is 0 Å². The van der Waals surface area contributed by atoms with Crippen molar-refractivity contribution in [1.82, 2.24) is 0 Å². The number of halogens is 1. The molecule has 1 nitrogen and oxygen atoms in total. The first-order valence-electron chi connectivity index (χ1n) is 13.2. The molecule has 0 atom stereocenters. The normalized spacial score (nSPS) is 46.0. The van der Waals surface area contributed by atoms with Crippen LogP contribution in [0.4, 0.5) is 5.69 Å². The summed E-state index contributed by atoms with van der Waals surface area (Å²) in [5.74, 6) is 6.43. The van der Waals surface area contributed by atoms with Gasteiger partial charge in [-0.15, -0.1) is 0 Å². The number of benzene rings is 1. The van der Waals surface area contributed by atoms with Gasteiger partial charge >= 0.3 is 29.2 Å². The average Bonchev–Trinajstić information content (AvgIpc) is 2.73.